The third-order valence-corrected chi connectivity index (χ3v) is 8.80. The first-order valence-electron chi connectivity index (χ1n) is 9.75. The maximum atomic E-state index is 15.6. The van der Waals surface area contributed by atoms with Gasteiger partial charge in [-0.15, -0.1) is 0 Å². The minimum atomic E-state index is -4.21. The van der Waals surface area contributed by atoms with Gasteiger partial charge in [0, 0.05) is 16.7 Å². The Bertz CT molecular complexity index is 1110. The normalized spacial score (nSPS) is 30.7. The lowest BCUT2D eigenvalue weighted by Gasteiger charge is -2.32. The van der Waals surface area contributed by atoms with Crippen LogP contribution in [0.2, 0.25) is 10.0 Å². The van der Waals surface area contributed by atoms with Gasteiger partial charge in [0.25, 0.3) is 0 Å². The molecule has 2 fully saturated rings. The van der Waals surface area contributed by atoms with Gasteiger partial charge in [-0.1, -0.05) is 34.4 Å². The van der Waals surface area contributed by atoms with Gasteiger partial charge in [-0.25, -0.2) is 17.6 Å². The molecule has 0 amide bonds. The van der Waals surface area contributed by atoms with E-state index >= 15 is 4.39 Å². The Labute approximate surface area is 193 Å². The van der Waals surface area contributed by atoms with E-state index in [1.807, 2.05) is 0 Å². The van der Waals surface area contributed by atoms with Crippen molar-refractivity contribution in [2.75, 3.05) is 13.2 Å². The van der Waals surface area contributed by atoms with Crippen molar-refractivity contribution in [3.05, 3.63) is 44.3 Å². The maximum Gasteiger partial charge on any atom is 0.344 e. The number of carbonyl (C=O) groups excluding carboxylic acids is 2. The number of azide groups is 1. The van der Waals surface area contributed by atoms with E-state index in [2.05, 4.69) is 10.0 Å². The number of benzene rings is 1. The number of alkyl halides is 1. The maximum absolute atomic E-state index is 15.6. The van der Waals surface area contributed by atoms with Gasteiger partial charge in [-0.2, -0.15) is 0 Å². The number of ether oxygens (including phenoxy) is 2. The Kier molecular flexibility index (Phi) is 6.68. The van der Waals surface area contributed by atoms with Crippen LogP contribution in [0.15, 0.2) is 23.3 Å². The number of esters is 2. The zero-order chi connectivity index (χ0) is 23.9. The van der Waals surface area contributed by atoms with E-state index in [4.69, 9.17) is 32.7 Å². The van der Waals surface area contributed by atoms with Gasteiger partial charge in [0.15, 0.2) is 15.4 Å². The van der Waals surface area contributed by atoms with E-state index in [0.29, 0.717) is 0 Å². The fourth-order valence-electron chi connectivity index (χ4n) is 4.62. The summed E-state index contributed by atoms with van der Waals surface area (Å²) < 4.78 is 52.1. The number of fused-ring (bicyclic) bond motifs is 1. The molecule has 0 saturated heterocycles. The lowest BCUT2D eigenvalue weighted by atomic mass is 9.89. The molecule has 32 heavy (non-hydrogen) atoms. The summed E-state index contributed by atoms with van der Waals surface area (Å²) in [7, 11) is -4.21. The fraction of sp³-hybridized carbons (Fsp3) is 0.579. The Morgan fingerprint density at radius 2 is 1.84 bits per heavy atom. The molecule has 0 heterocycles. The Balaban J connectivity index is 2.07. The second-order valence-electron chi connectivity index (χ2n) is 7.59. The predicted molar refractivity (Wildman–Crippen MR) is 113 cm³/mol. The van der Waals surface area contributed by atoms with E-state index in [-0.39, 0.29) is 28.8 Å². The summed E-state index contributed by atoms with van der Waals surface area (Å²) in [6.45, 7) is 2.67. The van der Waals surface area contributed by atoms with Gasteiger partial charge in [0.1, 0.15) is 0 Å². The first kappa shape index (κ1) is 24.6. The van der Waals surface area contributed by atoms with Crippen LogP contribution in [0.4, 0.5) is 4.39 Å². The number of hydrogen-bond donors (Lipinski definition) is 0. The van der Waals surface area contributed by atoms with Crippen molar-refractivity contribution < 1.29 is 31.9 Å². The molecule has 0 radical (unpaired) electrons. The molecule has 174 valence electrons. The van der Waals surface area contributed by atoms with Crippen LogP contribution in [0.5, 0.6) is 0 Å². The summed E-state index contributed by atoms with van der Waals surface area (Å²) >= 11 is 11.8. The summed E-state index contributed by atoms with van der Waals surface area (Å²) in [5, 5.41) is 2.24. The van der Waals surface area contributed by atoms with E-state index < -0.39 is 62.2 Å². The van der Waals surface area contributed by atoms with Crippen LogP contribution >= 0.6 is 23.2 Å². The standard InChI is InChI=1S/C19H20Cl2FN3O6S/c1-3-30-16(26)18(22)11-8-14(19(15(11)18,24-25-23)17(27)31-4-2)32(28,29)9-10-5-6-12(20)13(21)7-10/h5-7,11,14-15H,3-4,8-9H2,1-2H3/t11-,14-,15+,18-,19+/m1/s1. The molecule has 0 unspecified atom stereocenters. The van der Waals surface area contributed by atoms with Crippen molar-refractivity contribution >= 4 is 45.0 Å². The topological polar surface area (TPSA) is 136 Å². The van der Waals surface area contributed by atoms with Gasteiger partial charge in [0.05, 0.1) is 34.3 Å². The van der Waals surface area contributed by atoms with Gasteiger partial charge in [0.2, 0.25) is 5.67 Å². The molecule has 0 spiro atoms. The Morgan fingerprint density at radius 1 is 1.22 bits per heavy atom. The monoisotopic (exact) mass is 507 g/mol. The molecule has 2 saturated carbocycles. The molecule has 9 nitrogen and oxygen atoms in total. The van der Waals surface area contributed by atoms with Crippen molar-refractivity contribution in [3.8, 4) is 0 Å². The van der Waals surface area contributed by atoms with E-state index in [0.717, 1.165) is 0 Å². The van der Waals surface area contributed by atoms with Crippen LogP contribution in [0, 0.1) is 11.8 Å². The molecule has 0 aliphatic heterocycles. The van der Waals surface area contributed by atoms with E-state index in [1.54, 1.807) is 0 Å². The summed E-state index contributed by atoms with van der Waals surface area (Å²) in [6, 6.07) is 4.22. The average molecular weight is 508 g/mol. The van der Waals surface area contributed by atoms with Gasteiger partial charge in [-0.05, 0) is 43.5 Å². The minimum absolute atomic E-state index is 0.114. The molecular weight excluding hydrogens is 488 g/mol. The van der Waals surface area contributed by atoms with Crippen molar-refractivity contribution in [3.63, 3.8) is 0 Å². The number of carbonyl (C=O) groups is 2. The van der Waals surface area contributed by atoms with E-state index in [1.165, 1.54) is 32.0 Å². The van der Waals surface area contributed by atoms with Crippen molar-refractivity contribution in [2.24, 2.45) is 17.0 Å². The summed E-state index contributed by atoms with van der Waals surface area (Å²) in [5.74, 6) is -5.69. The number of rotatable bonds is 8. The Morgan fingerprint density at radius 3 is 2.41 bits per heavy atom. The molecule has 13 heteroatoms. The van der Waals surface area contributed by atoms with Gasteiger partial charge >= 0.3 is 11.9 Å². The lowest BCUT2D eigenvalue weighted by Crippen LogP contribution is -2.55. The number of halogens is 3. The zero-order valence-corrected chi connectivity index (χ0v) is 19.5. The summed E-state index contributed by atoms with van der Waals surface area (Å²) in [6.07, 6.45) is -0.415. The van der Waals surface area contributed by atoms with Crippen LogP contribution in [0.1, 0.15) is 25.8 Å². The van der Waals surface area contributed by atoms with Gasteiger partial charge < -0.3 is 9.47 Å². The highest BCUT2D eigenvalue weighted by atomic mass is 35.5. The largest absolute Gasteiger partial charge is 0.465 e. The Hall–Kier alpha value is -2.07. The second-order valence-corrected chi connectivity index (χ2v) is 10.6. The SMILES string of the molecule is CCOC(=O)[C@@]1(F)[C@@H]2C[C@@H](S(=O)(=O)Cc3ccc(Cl)c(Cl)c3)[C@@](N=[N+]=[N-])(C(=O)OCC)[C@@H]21. The van der Waals surface area contributed by atoms with Crippen LogP contribution in [-0.4, -0.2) is 50.0 Å². The smallest absolute Gasteiger partial charge is 0.344 e. The molecule has 5 atom stereocenters. The van der Waals surface area contributed by atoms with Crippen molar-refractivity contribution in [2.45, 2.75) is 42.5 Å². The molecule has 1 aromatic rings. The van der Waals surface area contributed by atoms with Gasteiger partial charge in [-0.3, -0.25) is 4.79 Å². The third-order valence-electron chi connectivity index (χ3n) is 5.90. The highest BCUT2D eigenvalue weighted by Crippen LogP contribution is 2.70. The highest BCUT2D eigenvalue weighted by molar-refractivity contribution is 7.91. The molecule has 0 aromatic heterocycles. The molecule has 0 N–H and O–H groups in total. The van der Waals surface area contributed by atoms with Crippen LogP contribution in [0.25, 0.3) is 10.4 Å². The average Bonchev–Trinajstić information content (AvgIpc) is 3.14. The van der Waals surface area contributed by atoms with Crippen molar-refractivity contribution in [1.29, 1.82) is 0 Å². The molecule has 1 aromatic carbocycles. The van der Waals surface area contributed by atoms with Crippen LogP contribution < -0.4 is 0 Å². The number of sulfone groups is 1. The molecule has 2 aliphatic carbocycles. The molecular formula is C19H20Cl2FN3O6S. The molecule has 2 aliphatic rings. The first-order valence-corrected chi connectivity index (χ1v) is 12.2. The fourth-order valence-corrected chi connectivity index (χ4v) is 7.12. The lowest BCUT2D eigenvalue weighted by molar-refractivity contribution is -0.156. The summed E-state index contributed by atoms with van der Waals surface area (Å²) in [5.41, 5.74) is 4.36. The van der Waals surface area contributed by atoms with Crippen LogP contribution in [0.3, 0.4) is 0 Å². The number of nitrogens with zero attached hydrogens (tertiary/aromatic N) is 3. The van der Waals surface area contributed by atoms with Crippen molar-refractivity contribution in [1.82, 2.24) is 0 Å². The molecule has 0 bridgehead atoms. The van der Waals surface area contributed by atoms with Crippen LogP contribution in [-0.2, 0) is 34.7 Å². The third kappa shape index (κ3) is 3.71. The highest BCUT2D eigenvalue weighted by Gasteiger charge is 2.87. The quantitative estimate of drug-likeness (QED) is 0.227. The van der Waals surface area contributed by atoms with E-state index in [9.17, 15) is 23.5 Å². The number of hydrogen-bond acceptors (Lipinski definition) is 7. The first-order chi connectivity index (χ1) is 15.0. The second kappa shape index (κ2) is 8.70. The zero-order valence-electron chi connectivity index (χ0n) is 17.1. The summed E-state index contributed by atoms with van der Waals surface area (Å²) in [4.78, 5) is 27.9. The molecule has 3 rings (SSSR count). The predicted octanol–water partition coefficient (Wildman–Crippen LogP) is 3.81. The minimum Gasteiger partial charge on any atom is -0.465 e.